The first-order valence-corrected chi connectivity index (χ1v) is 8.84. The number of benzene rings is 2. The molecule has 3 amide bonds. The molecule has 0 saturated carbocycles. The highest BCUT2D eigenvalue weighted by molar-refractivity contribution is 5.89. The van der Waals surface area contributed by atoms with E-state index in [9.17, 15) is 9.59 Å². The third-order valence-corrected chi connectivity index (χ3v) is 3.91. The van der Waals surface area contributed by atoms with Crippen molar-refractivity contribution in [2.45, 2.75) is 13.2 Å². The molecule has 0 unspecified atom stereocenters. The molecule has 0 fully saturated rings. The van der Waals surface area contributed by atoms with Gasteiger partial charge in [-0.3, -0.25) is 10.3 Å². The molecule has 0 aliphatic rings. The van der Waals surface area contributed by atoms with E-state index >= 15 is 0 Å². The zero-order valence-electron chi connectivity index (χ0n) is 15.5. The minimum Gasteiger partial charge on any atom is -0.487 e. The van der Waals surface area contributed by atoms with Crippen molar-refractivity contribution in [3.05, 3.63) is 84.2 Å². The number of amides is 3. The molecule has 0 spiro atoms. The van der Waals surface area contributed by atoms with Gasteiger partial charge in [0.15, 0.2) is 0 Å². The average molecular weight is 392 g/mol. The Hall–Kier alpha value is -4.07. The highest BCUT2D eigenvalue weighted by Gasteiger charge is 2.07. The van der Waals surface area contributed by atoms with Crippen LogP contribution in [-0.4, -0.2) is 22.2 Å². The molecule has 1 heterocycles. The summed E-state index contributed by atoms with van der Waals surface area (Å²) in [5, 5.41) is 16.7. The van der Waals surface area contributed by atoms with E-state index < -0.39 is 6.09 Å². The molecule has 3 aromatic rings. The molecule has 0 aliphatic heterocycles. The van der Waals surface area contributed by atoms with E-state index in [0.717, 1.165) is 11.1 Å². The molecule has 1 aromatic heterocycles. The maximum Gasteiger partial charge on any atom is 0.409 e. The van der Waals surface area contributed by atoms with Crippen LogP contribution in [0.4, 0.5) is 21.0 Å². The van der Waals surface area contributed by atoms with Crippen molar-refractivity contribution in [2.75, 3.05) is 10.6 Å². The average Bonchev–Trinajstić information content (AvgIpc) is 2.73. The summed E-state index contributed by atoms with van der Waals surface area (Å²) in [5.74, 6) is 0.437. The molecular formula is C21H20N4O4. The fraction of sp³-hybridized carbons (Fsp3) is 0.0952. The van der Waals surface area contributed by atoms with Gasteiger partial charge in [0.25, 0.3) is 0 Å². The number of rotatable bonds is 7. The monoisotopic (exact) mass is 392 g/mol. The quantitative estimate of drug-likeness (QED) is 0.484. The van der Waals surface area contributed by atoms with Crippen molar-refractivity contribution >= 4 is 23.5 Å². The summed E-state index contributed by atoms with van der Waals surface area (Å²) < 4.78 is 5.70. The Balaban J connectivity index is 1.50. The number of ether oxygens (including phenoxy) is 1. The van der Waals surface area contributed by atoms with Gasteiger partial charge in [-0.2, -0.15) is 0 Å². The van der Waals surface area contributed by atoms with Crippen molar-refractivity contribution < 1.29 is 19.4 Å². The van der Waals surface area contributed by atoms with Crippen LogP contribution in [0.15, 0.2) is 73.1 Å². The van der Waals surface area contributed by atoms with Gasteiger partial charge in [0.2, 0.25) is 0 Å². The number of hydrogen-bond donors (Lipinski definition) is 4. The minimum absolute atomic E-state index is 0.256. The first kappa shape index (κ1) is 19.7. The number of pyridine rings is 1. The van der Waals surface area contributed by atoms with E-state index in [4.69, 9.17) is 9.84 Å². The Morgan fingerprint density at radius 2 is 1.72 bits per heavy atom. The second-order valence-corrected chi connectivity index (χ2v) is 6.08. The SMILES string of the molecule is O=C(O)Nc1ccccc1OCc1ccc(NC(=O)NCc2cccnc2)cc1. The molecule has 8 heteroatoms. The second kappa shape index (κ2) is 9.75. The maximum absolute atomic E-state index is 12.0. The van der Waals surface area contributed by atoms with Crippen LogP contribution in [-0.2, 0) is 13.2 Å². The summed E-state index contributed by atoms with van der Waals surface area (Å²) in [6, 6.07) is 17.4. The fourth-order valence-corrected chi connectivity index (χ4v) is 2.52. The zero-order valence-corrected chi connectivity index (χ0v) is 15.5. The lowest BCUT2D eigenvalue weighted by Gasteiger charge is -2.12. The fourth-order valence-electron chi connectivity index (χ4n) is 2.52. The normalized spacial score (nSPS) is 10.1. The van der Waals surface area contributed by atoms with Crippen LogP contribution in [0.5, 0.6) is 5.75 Å². The van der Waals surface area contributed by atoms with Crippen LogP contribution >= 0.6 is 0 Å². The summed E-state index contributed by atoms with van der Waals surface area (Å²) in [5.41, 5.74) is 2.80. The van der Waals surface area contributed by atoms with E-state index in [1.54, 1.807) is 48.8 Å². The number of aromatic nitrogens is 1. The van der Waals surface area contributed by atoms with Gasteiger partial charge in [-0.15, -0.1) is 0 Å². The summed E-state index contributed by atoms with van der Waals surface area (Å²) >= 11 is 0. The van der Waals surface area contributed by atoms with Gasteiger partial charge in [0.05, 0.1) is 5.69 Å². The third kappa shape index (κ3) is 6.24. The zero-order chi connectivity index (χ0) is 20.5. The molecule has 0 bridgehead atoms. The van der Waals surface area contributed by atoms with Crippen LogP contribution in [0.2, 0.25) is 0 Å². The molecular weight excluding hydrogens is 372 g/mol. The molecule has 0 atom stereocenters. The highest BCUT2D eigenvalue weighted by atomic mass is 16.5. The number of para-hydroxylation sites is 2. The van der Waals surface area contributed by atoms with E-state index in [0.29, 0.717) is 23.7 Å². The summed E-state index contributed by atoms with van der Waals surface area (Å²) in [6.07, 6.45) is 2.22. The Labute approximate surface area is 167 Å². The van der Waals surface area contributed by atoms with Gasteiger partial charge in [-0.1, -0.05) is 30.3 Å². The van der Waals surface area contributed by atoms with Crippen molar-refractivity contribution in [3.63, 3.8) is 0 Å². The first-order valence-electron chi connectivity index (χ1n) is 8.84. The van der Waals surface area contributed by atoms with Gasteiger partial charge >= 0.3 is 12.1 Å². The lowest BCUT2D eigenvalue weighted by molar-refractivity contribution is 0.209. The first-order chi connectivity index (χ1) is 14.1. The Kier molecular flexibility index (Phi) is 6.62. The predicted molar refractivity (Wildman–Crippen MR) is 109 cm³/mol. The van der Waals surface area contributed by atoms with E-state index in [2.05, 4.69) is 20.9 Å². The molecule has 2 aromatic carbocycles. The Morgan fingerprint density at radius 1 is 0.931 bits per heavy atom. The van der Waals surface area contributed by atoms with Crippen LogP contribution in [0.3, 0.4) is 0 Å². The summed E-state index contributed by atoms with van der Waals surface area (Å²) in [7, 11) is 0. The number of urea groups is 1. The number of hydrogen-bond acceptors (Lipinski definition) is 4. The Bertz CT molecular complexity index is 962. The lowest BCUT2D eigenvalue weighted by Crippen LogP contribution is -2.28. The summed E-state index contributed by atoms with van der Waals surface area (Å²) in [4.78, 5) is 26.8. The number of carbonyl (C=O) groups excluding carboxylic acids is 1. The highest BCUT2D eigenvalue weighted by Crippen LogP contribution is 2.24. The standard InChI is InChI=1S/C21H20N4O4/c26-20(23-13-16-4-3-11-22-12-16)24-17-9-7-15(8-10-17)14-29-19-6-2-1-5-18(19)25-21(27)28/h1-12,25H,13-14H2,(H,27,28)(H2,23,24,26). The molecule has 8 nitrogen and oxygen atoms in total. The Morgan fingerprint density at radius 3 is 2.45 bits per heavy atom. The van der Waals surface area contributed by atoms with Crippen molar-refractivity contribution in [1.82, 2.24) is 10.3 Å². The van der Waals surface area contributed by atoms with Crippen molar-refractivity contribution in [2.24, 2.45) is 0 Å². The van der Waals surface area contributed by atoms with E-state index in [1.807, 2.05) is 24.3 Å². The molecule has 4 N–H and O–H groups in total. The smallest absolute Gasteiger partial charge is 0.409 e. The van der Waals surface area contributed by atoms with Gasteiger partial charge < -0.3 is 20.5 Å². The third-order valence-electron chi connectivity index (χ3n) is 3.91. The topological polar surface area (TPSA) is 113 Å². The summed E-state index contributed by atoms with van der Waals surface area (Å²) in [6.45, 7) is 0.640. The number of anilines is 2. The van der Waals surface area contributed by atoms with E-state index in [-0.39, 0.29) is 12.6 Å². The molecule has 0 aliphatic carbocycles. The van der Waals surface area contributed by atoms with Crippen LogP contribution < -0.4 is 20.7 Å². The number of nitrogens with zero attached hydrogens (tertiary/aromatic N) is 1. The van der Waals surface area contributed by atoms with Gasteiger partial charge in [-0.25, -0.2) is 9.59 Å². The number of carbonyl (C=O) groups is 2. The van der Waals surface area contributed by atoms with Gasteiger partial charge in [0.1, 0.15) is 12.4 Å². The van der Waals surface area contributed by atoms with Gasteiger partial charge in [0, 0.05) is 24.6 Å². The lowest BCUT2D eigenvalue weighted by atomic mass is 10.2. The molecule has 29 heavy (non-hydrogen) atoms. The van der Waals surface area contributed by atoms with Crippen LogP contribution in [0.25, 0.3) is 0 Å². The van der Waals surface area contributed by atoms with Crippen LogP contribution in [0, 0.1) is 0 Å². The van der Waals surface area contributed by atoms with Crippen LogP contribution in [0.1, 0.15) is 11.1 Å². The molecule has 148 valence electrons. The number of carboxylic acid groups (broad SMARTS) is 1. The van der Waals surface area contributed by atoms with Crippen molar-refractivity contribution in [3.8, 4) is 5.75 Å². The van der Waals surface area contributed by atoms with Gasteiger partial charge in [-0.05, 0) is 41.5 Å². The molecule has 0 saturated heterocycles. The van der Waals surface area contributed by atoms with Crippen molar-refractivity contribution in [1.29, 1.82) is 0 Å². The molecule has 0 radical (unpaired) electrons. The second-order valence-electron chi connectivity index (χ2n) is 6.08. The predicted octanol–water partition coefficient (Wildman–Crippen LogP) is 4.07. The van der Waals surface area contributed by atoms with E-state index in [1.165, 1.54) is 0 Å². The minimum atomic E-state index is -1.15. The largest absolute Gasteiger partial charge is 0.487 e. The molecule has 3 rings (SSSR count). The maximum atomic E-state index is 12.0. The number of nitrogens with one attached hydrogen (secondary N) is 3.